The van der Waals surface area contributed by atoms with Gasteiger partial charge in [-0.1, -0.05) is 6.07 Å². The number of likely N-dealkylation sites (tertiary alicyclic amines) is 1. The Hall–Kier alpha value is -2.34. The Balaban J connectivity index is 1.72. The molecule has 0 radical (unpaired) electrons. The van der Waals surface area contributed by atoms with E-state index >= 15 is 0 Å². The summed E-state index contributed by atoms with van der Waals surface area (Å²) in [5, 5.41) is 1.93. The lowest BCUT2D eigenvalue weighted by atomic mass is 10.1. The average Bonchev–Trinajstić information content (AvgIpc) is 3.33. The first-order valence-corrected chi connectivity index (χ1v) is 9.05. The van der Waals surface area contributed by atoms with Crippen molar-refractivity contribution in [3.8, 4) is 0 Å². The molecular formula is C18H18N2O3S. The van der Waals surface area contributed by atoms with Gasteiger partial charge >= 0.3 is 0 Å². The fraction of sp³-hybridized carbons (Fsp3) is 0.333. The third-order valence-corrected chi connectivity index (χ3v) is 5.36. The van der Waals surface area contributed by atoms with Gasteiger partial charge in [0.05, 0.1) is 18.4 Å². The van der Waals surface area contributed by atoms with Gasteiger partial charge in [0.15, 0.2) is 0 Å². The van der Waals surface area contributed by atoms with Crippen LogP contribution in [0.4, 0.5) is 0 Å². The second kappa shape index (κ2) is 6.28. The summed E-state index contributed by atoms with van der Waals surface area (Å²) >= 11 is 1.50. The molecule has 6 heteroatoms. The highest BCUT2D eigenvalue weighted by molar-refractivity contribution is 7.11. The number of hydrogen-bond acceptors (Lipinski definition) is 5. The Morgan fingerprint density at radius 3 is 2.54 bits per heavy atom. The summed E-state index contributed by atoms with van der Waals surface area (Å²) in [7, 11) is 0. The van der Waals surface area contributed by atoms with E-state index in [2.05, 4.69) is 4.90 Å². The lowest BCUT2D eigenvalue weighted by molar-refractivity contribution is -0.138. The second-order valence-electron chi connectivity index (χ2n) is 6.02. The van der Waals surface area contributed by atoms with E-state index in [1.54, 1.807) is 18.4 Å². The smallest absolute Gasteiger partial charge is 0.278 e. The molecule has 2 aromatic rings. The van der Waals surface area contributed by atoms with Crippen molar-refractivity contribution in [3.05, 3.63) is 52.2 Å². The van der Waals surface area contributed by atoms with Crippen LogP contribution in [0, 0.1) is 0 Å². The second-order valence-corrected chi connectivity index (χ2v) is 6.97. The molecule has 4 rings (SSSR count). The Bertz CT molecular complexity index is 771. The van der Waals surface area contributed by atoms with Crippen molar-refractivity contribution in [2.24, 2.45) is 0 Å². The molecule has 5 nitrogen and oxygen atoms in total. The zero-order valence-electron chi connectivity index (χ0n) is 13.2. The summed E-state index contributed by atoms with van der Waals surface area (Å²) in [6, 6.07) is 7.36. The van der Waals surface area contributed by atoms with E-state index in [-0.39, 0.29) is 18.4 Å². The molecule has 2 aliphatic heterocycles. The van der Waals surface area contributed by atoms with Gasteiger partial charge in [-0.15, -0.1) is 11.3 Å². The lowest BCUT2D eigenvalue weighted by Crippen LogP contribution is -2.36. The van der Waals surface area contributed by atoms with Crippen LogP contribution in [0.2, 0.25) is 0 Å². The zero-order valence-corrected chi connectivity index (χ0v) is 14.1. The quantitative estimate of drug-likeness (QED) is 0.801. The van der Waals surface area contributed by atoms with Crippen molar-refractivity contribution in [2.75, 3.05) is 13.1 Å². The van der Waals surface area contributed by atoms with E-state index in [9.17, 15) is 9.59 Å². The normalized spacial score (nSPS) is 18.8. The monoisotopic (exact) mass is 342 g/mol. The minimum absolute atomic E-state index is 0.177. The van der Waals surface area contributed by atoms with E-state index in [1.165, 1.54) is 22.7 Å². The predicted octanol–water partition coefficient (Wildman–Crippen LogP) is 3.11. The summed E-state index contributed by atoms with van der Waals surface area (Å²) in [5.74, 6) is 0.184. The Labute approximate surface area is 144 Å². The third kappa shape index (κ3) is 2.57. The molecule has 0 spiro atoms. The largest absolute Gasteiger partial charge is 0.467 e. The first-order chi connectivity index (χ1) is 11.8. The summed E-state index contributed by atoms with van der Waals surface area (Å²) < 4.78 is 5.32. The lowest BCUT2D eigenvalue weighted by Gasteiger charge is -2.29. The molecule has 1 saturated heterocycles. The fourth-order valence-electron chi connectivity index (χ4n) is 3.32. The van der Waals surface area contributed by atoms with Crippen molar-refractivity contribution >= 4 is 28.7 Å². The van der Waals surface area contributed by atoms with Crippen molar-refractivity contribution in [3.63, 3.8) is 0 Å². The van der Waals surface area contributed by atoms with Crippen LogP contribution in [0.5, 0.6) is 0 Å². The van der Waals surface area contributed by atoms with Crippen molar-refractivity contribution < 1.29 is 14.0 Å². The van der Waals surface area contributed by atoms with Gasteiger partial charge in [0.25, 0.3) is 11.8 Å². The van der Waals surface area contributed by atoms with Gasteiger partial charge in [0, 0.05) is 18.0 Å². The standard InChI is InChI=1S/C18H18N2O3S/c21-17-15(14-7-5-11-24-14)16(19-8-2-1-3-9-19)18(22)20(17)12-13-6-4-10-23-13/h4-7,10-11H,1-3,8-9,12H2. The number of amides is 2. The molecule has 4 heterocycles. The first-order valence-electron chi connectivity index (χ1n) is 8.17. The number of thiophene rings is 1. The van der Waals surface area contributed by atoms with Gasteiger partial charge < -0.3 is 9.32 Å². The summed E-state index contributed by atoms with van der Waals surface area (Å²) in [6.07, 6.45) is 4.84. The Kier molecular flexibility index (Phi) is 3.98. The average molecular weight is 342 g/mol. The van der Waals surface area contributed by atoms with Gasteiger partial charge in [-0.05, 0) is 42.8 Å². The minimum atomic E-state index is -0.223. The molecule has 0 bridgehead atoms. The number of rotatable bonds is 4. The molecule has 0 atom stereocenters. The molecule has 0 aromatic carbocycles. The zero-order chi connectivity index (χ0) is 16.5. The molecular weight excluding hydrogens is 324 g/mol. The van der Waals surface area contributed by atoms with Crippen LogP contribution in [0.1, 0.15) is 29.9 Å². The Morgan fingerprint density at radius 1 is 1.04 bits per heavy atom. The van der Waals surface area contributed by atoms with Gasteiger partial charge in [-0.25, -0.2) is 0 Å². The number of piperidine rings is 1. The highest BCUT2D eigenvalue weighted by atomic mass is 32.1. The molecule has 124 valence electrons. The van der Waals surface area contributed by atoms with Crippen molar-refractivity contribution in [1.82, 2.24) is 9.80 Å². The molecule has 0 N–H and O–H groups in total. The summed E-state index contributed by atoms with van der Waals surface area (Å²) in [6.45, 7) is 1.84. The maximum atomic E-state index is 13.0. The first kappa shape index (κ1) is 15.2. The van der Waals surface area contributed by atoms with E-state index in [4.69, 9.17) is 4.42 Å². The van der Waals surface area contributed by atoms with Crippen LogP contribution in [0.25, 0.3) is 5.57 Å². The van der Waals surface area contributed by atoms with Gasteiger partial charge in [-0.2, -0.15) is 0 Å². The van der Waals surface area contributed by atoms with Gasteiger partial charge in [0.2, 0.25) is 0 Å². The highest BCUT2D eigenvalue weighted by Crippen LogP contribution is 2.35. The molecule has 2 aromatic heterocycles. The van der Waals surface area contributed by atoms with Crippen molar-refractivity contribution in [2.45, 2.75) is 25.8 Å². The van der Waals surface area contributed by atoms with E-state index in [0.717, 1.165) is 30.8 Å². The number of imide groups is 1. The number of hydrogen-bond donors (Lipinski definition) is 0. The molecule has 1 fully saturated rings. The molecule has 2 amide bonds. The summed E-state index contributed by atoms with van der Waals surface area (Å²) in [4.78, 5) is 30.2. The molecule has 0 aliphatic carbocycles. The van der Waals surface area contributed by atoms with E-state index in [1.807, 2.05) is 17.5 Å². The molecule has 0 unspecified atom stereocenters. The van der Waals surface area contributed by atoms with Crippen LogP contribution >= 0.6 is 11.3 Å². The van der Waals surface area contributed by atoms with Gasteiger partial charge in [0.1, 0.15) is 11.5 Å². The molecule has 0 saturated carbocycles. The van der Waals surface area contributed by atoms with Crippen molar-refractivity contribution in [1.29, 1.82) is 0 Å². The van der Waals surface area contributed by atoms with Crippen LogP contribution in [-0.2, 0) is 16.1 Å². The summed E-state index contributed by atoms with van der Waals surface area (Å²) in [5.41, 5.74) is 1.11. The number of nitrogens with zero attached hydrogens (tertiary/aromatic N) is 2. The SMILES string of the molecule is O=C1C(c2cccs2)=C(N2CCCCC2)C(=O)N1Cc1ccco1. The third-order valence-electron chi connectivity index (χ3n) is 4.48. The molecule has 24 heavy (non-hydrogen) atoms. The van der Waals surface area contributed by atoms with E-state index in [0.29, 0.717) is 17.0 Å². The predicted molar refractivity (Wildman–Crippen MR) is 90.9 cm³/mol. The van der Waals surface area contributed by atoms with E-state index < -0.39 is 0 Å². The number of carbonyl (C=O) groups excluding carboxylic acids is 2. The van der Waals surface area contributed by atoms with Gasteiger partial charge in [-0.3, -0.25) is 14.5 Å². The Morgan fingerprint density at radius 2 is 1.88 bits per heavy atom. The van der Waals surface area contributed by atoms with Crippen LogP contribution < -0.4 is 0 Å². The van der Waals surface area contributed by atoms with Crippen LogP contribution in [0.3, 0.4) is 0 Å². The number of furan rings is 1. The topological polar surface area (TPSA) is 53.8 Å². The minimum Gasteiger partial charge on any atom is -0.467 e. The fourth-order valence-corrected chi connectivity index (χ4v) is 4.08. The maximum Gasteiger partial charge on any atom is 0.278 e. The molecule has 2 aliphatic rings. The number of carbonyl (C=O) groups is 2. The maximum absolute atomic E-state index is 13.0. The van der Waals surface area contributed by atoms with Crippen LogP contribution in [-0.4, -0.2) is 34.7 Å². The highest BCUT2D eigenvalue weighted by Gasteiger charge is 2.42. The van der Waals surface area contributed by atoms with Crippen LogP contribution in [0.15, 0.2) is 46.0 Å².